The second-order valence-corrected chi connectivity index (χ2v) is 7.53. The van der Waals surface area contributed by atoms with Gasteiger partial charge in [-0.15, -0.1) is 0 Å². The minimum Gasteiger partial charge on any atom is -0.454 e. The van der Waals surface area contributed by atoms with Gasteiger partial charge in [0.05, 0.1) is 5.41 Å². The van der Waals surface area contributed by atoms with Crippen molar-refractivity contribution in [2.24, 2.45) is 17.3 Å². The summed E-state index contributed by atoms with van der Waals surface area (Å²) in [6.45, 7) is 8.21. The zero-order valence-corrected chi connectivity index (χ0v) is 15.6. The Bertz CT molecular complexity index is 505. The van der Waals surface area contributed by atoms with E-state index in [2.05, 4.69) is 20.8 Å². The van der Waals surface area contributed by atoms with Gasteiger partial charge in [0.25, 0.3) is 0 Å². The summed E-state index contributed by atoms with van der Waals surface area (Å²) in [5.41, 5.74) is -0.465. The van der Waals surface area contributed by atoms with Crippen molar-refractivity contribution in [1.29, 1.82) is 0 Å². The molecule has 2 rings (SSSR count). The fourth-order valence-electron chi connectivity index (χ4n) is 3.28. The minimum absolute atomic E-state index is 0.133. The molecule has 2 unspecified atom stereocenters. The number of hydrogen-bond donors (Lipinski definition) is 0. The summed E-state index contributed by atoms with van der Waals surface area (Å²) in [5, 5.41) is 0. The lowest BCUT2D eigenvalue weighted by molar-refractivity contribution is -0.187. The van der Waals surface area contributed by atoms with Crippen molar-refractivity contribution in [2.45, 2.75) is 72.5 Å². The fraction of sp³-hybridized carbons (Fsp3) is 0.667. The van der Waals surface area contributed by atoms with Gasteiger partial charge in [-0.2, -0.15) is 0 Å². The van der Waals surface area contributed by atoms with E-state index in [0.29, 0.717) is 0 Å². The maximum atomic E-state index is 12.9. The standard InChI is InChI=1S/C21H32O3/c1-5-21(4,16(2)3)20(22)24-19(17-12-8-6-9-13-17)23-18-14-10-7-11-15-18/h7,10-11,14-17,19H,5-6,8-9,12-13H2,1-4H3. The van der Waals surface area contributed by atoms with Crippen LogP contribution in [0.4, 0.5) is 0 Å². The van der Waals surface area contributed by atoms with Crippen LogP contribution >= 0.6 is 0 Å². The van der Waals surface area contributed by atoms with Crippen molar-refractivity contribution < 1.29 is 14.3 Å². The second kappa shape index (κ2) is 8.55. The molecule has 1 aliphatic carbocycles. The SMILES string of the molecule is CCC(C)(C(=O)OC(Oc1ccccc1)C1CCCCC1)C(C)C. The molecule has 134 valence electrons. The Morgan fingerprint density at radius 1 is 1.17 bits per heavy atom. The van der Waals surface area contributed by atoms with Crippen LogP contribution < -0.4 is 4.74 Å². The first-order valence-corrected chi connectivity index (χ1v) is 9.40. The predicted molar refractivity (Wildman–Crippen MR) is 96.8 cm³/mol. The van der Waals surface area contributed by atoms with E-state index in [9.17, 15) is 4.79 Å². The maximum Gasteiger partial charge on any atom is 0.315 e. The molecule has 1 aromatic carbocycles. The van der Waals surface area contributed by atoms with Crippen LogP contribution in [0, 0.1) is 17.3 Å². The molecule has 0 N–H and O–H groups in total. The van der Waals surface area contributed by atoms with Crippen molar-refractivity contribution in [3.8, 4) is 5.75 Å². The normalized spacial score (nSPS) is 19.5. The fourth-order valence-corrected chi connectivity index (χ4v) is 3.28. The summed E-state index contributed by atoms with van der Waals surface area (Å²) in [6.07, 6.45) is 6.06. The maximum absolute atomic E-state index is 12.9. The van der Waals surface area contributed by atoms with Gasteiger partial charge in [0.2, 0.25) is 6.29 Å². The number of esters is 1. The summed E-state index contributed by atoms with van der Waals surface area (Å²) in [7, 11) is 0. The van der Waals surface area contributed by atoms with E-state index < -0.39 is 11.7 Å². The van der Waals surface area contributed by atoms with Gasteiger partial charge in [0.15, 0.2) is 0 Å². The number of rotatable bonds is 7. The predicted octanol–water partition coefficient (Wildman–Crippen LogP) is 5.59. The molecule has 0 bridgehead atoms. The Morgan fingerprint density at radius 3 is 2.33 bits per heavy atom. The van der Waals surface area contributed by atoms with Crippen molar-refractivity contribution in [3.63, 3.8) is 0 Å². The number of carbonyl (C=O) groups is 1. The van der Waals surface area contributed by atoms with Crippen molar-refractivity contribution in [3.05, 3.63) is 30.3 Å². The summed E-state index contributed by atoms with van der Waals surface area (Å²) in [6, 6.07) is 9.69. The van der Waals surface area contributed by atoms with Gasteiger partial charge < -0.3 is 9.47 Å². The van der Waals surface area contributed by atoms with Gasteiger partial charge in [-0.1, -0.05) is 58.2 Å². The smallest absolute Gasteiger partial charge is 0.315 e. The molecule has 0 heterocycles. The summed E-state index contributed by atoms with van der Waals surface area (Å²) < 4.78 is 12.1. The molecular weight excluding hydrogens is 300 g/mol. The average Bonchev–Trinajstić information content (AvgIpc) is 2.61. The molecule has 0 amide bonds. The molecule has 0 radical (unpaired) electrons. The van der Waals surface area contributed by atoms with Crippen LogP contribution in [-0.4, -0.2) is 12.3 Å². The molecule has 2 atom stereocenters. The topological polar surface area (TPSA) is 35.5 Å². The number of carbonyl (C=O) groups excluding carboxylic acids is 1. The lowest BCUT2D eigenvalue weighted by atomic mass is 9.77. The number of benzene rings is 1. The largest absolute Gasteiger partial charge is 0.454 e. The molecule has 3 heteroatoms. The Balaban J connectivity index is 2.14. The van der Waals surface area contributed by atoms with Crippen LogP contribution in [0.5, 0.6) is 5.75 Å². The highest BCUT2D eigenvalue weighted by Gasteiger charge is 2.39. The summed E-state index contributed by atoms with van der Waals surface area (Å²) >= 11 is 0. The van der Waals surface area contributed by atoms with Crippen LogP contribution in [0.1, 0.15) is 66.2 Å². The van der Waals surface area contributed by atoms with Gasteiger partial charge in [-0.25, -0.2) is 0 Å². The summed E-state index contributed by atoms with van der Waals surface area (Å²) in [5.74, 6) is 1.16. The Labute approximate surface area is 146 Å². The third kappa shape index (κ3) is 4.52. The van der Waals surface area contributed by atoms with Crippen LogP contribution in [0.25, 0.3) is 0 Å². The molecule has 1 aliphatic rings. The van der Waals surface area contributed by atoms with Gasteiger partial charge >= 0.3 is 5.97 Å². The van der Waals surface area contributed by atoms with Gasteiger partial charge in [0, 0.05) is 5.92 Å². The van der Waals surface area contributed by atoms with Crippen LogP contribution in [-0.2, 0) is 9.53 Å². The highest BCUT2D eigenvalue weighted by Crippen LogP contribution is 2.35. The Hall–Kier alpha value is -1.51. The molecule has 0 aromatic heterocycles. The highest BCUT2D eigenvalue weighted by molar-refractivity contribution is 5.76. The van der Waals surface area contributed by atoms with Gasteiger partial charge in [-0.3, -0.25) is 4.79 Å². The van der Waals surface area contributed by atoms with E-state index >= 15 is 0 Å². The molecule has 0 spiro atoms. The first-order valence-electron chi connectivity index (χ1n) is 9.40. The van der Waals surface area contributed by atoms with Gasteiger partial charge in [-0.05, 0) is 44.2 Å². The van der Waals surface area contributed by atoms with Crippen LogP contribution in [0.2, 0.25) is 0 Å². The monoisotopic (exact) mass is 332 g/mol. The molecule has 1 aromatic rings. The Morgan fingerprint density at radius 2 is 1.79 bits per heavy atom. The van der Waals surface area contributed by atoms with Crippen molar-refractivity contribution in [2.75, 3.05) is 0 Å². The zero-order chi connectivity index (χ0) is 17.6. The third-order valence-electron chi connectivity index (χ3n) is 5.73. The van der Waals surface area contributed by atoms with Crippen LogP contribution in [0.3, 0.4) is 0 Å². The second-order valence-electron chi connectivity index (χ2n) is 7.53. The molecular formula is C21H32O3. The molecule has 1 saturated carbocycles. The zero-order valence-electron chi connectivity index (χ0n) is 15.6. The average molecular weight is 332 g/mol. The molecule has 1 fully saturated rings. The third-order valence-corrected chi connectivity index (χ3v) is 5.73. The first-order chi connectivity index (χ1) is 11.5. The van der Waals surface area contributed by atoms with E-state index in [1.54, 1.807) is 0 Å². The van der Waals surface area contributed by atoms with Gasteiger partial charge in [0.1, 0.15) is 5.75 Å². The number of para-hydroxylation sites is 1. The first kappa shape index (κ1) is 18.8. The van der Waals surface area contributed by atoms with E-state index in [4.69, 9.17) is 9.47 Å². The van der Waals surface area contributed by atoms with E-state index in [1.807, 2.05) is 37.3 Å². The minimum atomic E-state index is -0.482. The van der Waals surface area contributed by atoms with E-state index in [0.717, 1.165) is 25.0 Å². The number of ether oxygens (including phenoxy) is 2. The van der Waals surface area contributed by atoms with Crippen molar-refractivity contribution in [1.82, 2.24) is 0 Å². The molecule has 3 nitrogen and oxygen atoms in total. The van der Waals surface area contributed by atoms with Crippen LogP contribution in [0.15, 0.2) is 30.3 Å². The molecule has 0 saturated heterocycles. The molecule has 24 heavy (non-hydrogen) atoms. The van der Waals surface area contributed by atoms with E-state index in [1.165, 1.54) is 19.3 Å². The molecule has 0 aliphatic heterocycles. The van der Waals surface area contributed by atoms with Crippen molar-refractivity contribution >= 4 is 5.97 Å². The summed E-state index contributed by atoms with van der Waals surface area (Å²) in [4.78, 5) is 12.9. The highest BCUT2D eigenvalue weighted by atomic mass is 16.7. The Kier molecular flexibility index (Phi) is 6.70. The quantitative estimate of drug-likeness (QED) is 0.482. The number of hydrogen-bond acceptors (Lipinski definition) is 3. The lowest BCUT2D eigenvalue weighted by Crippen LogP contribution is -2.41. The van der Waals surface area contributed by atoms with E-state index in [-0.39, 0.29) is 17.8 Å². The lowest BCUT2D eigenvalue weighted by Gasteiger charge is -2.35.